The topological polar surface area (TPSA) is 58.6 Å². The molecular weight excluding hydrogens is 156 g/mol. The third-order valence-electron chi connectivity index (χ3n) is 1.56. The summed E-state index contributed by atoms with van der Waals surface area (Å²) in [5.41, 5.74) is 0.466. The van der Waals surface area contributed by atoms with Gasteiger partial charge < -0.3 is 9.62 Å². The Balaban J connectivity index is 2.99. The smallest absolute Gasteiger partial charge is 0.227 e. The summed E-state index contributed by atoms with van der Waals surface area (Å²) in [6, 6.07) is 5.11. The van der Waals surface area contributed by atoms with E-state index in [1.807, 2.05) is 0 Å². The van der Waals surface area contributed by atoms with Crippen LogP contribution >= 0.6 is 0 Å². The van der Waals surface area contributed by atoms with Crippen molar-refractivity contribution in [2.24, 2.45) is 5.16 Å². The van der Waals surface area contributed by atoms with Crippen LogP contribution < -0.4 is 5.36 Å². The SMILES string of the molecule is ON=c1ccoc2ncccc12. The molecule has 0 spiro atoms. The normalized spacial score (nSPS) is 12.2. The van der Waals surface area contributed by atoms with Crippen molar-refractivity contribution in [2.75, 3.05) is 0 Å². The summed E-state index contributed by atoms with van der Waals surface area (Å²) >= 11 is 0. The molecule has 0 aliphatic carbocycles. The van der Waals surface area contributed by atoms with Gasteiger partial charge in [-0.2, -0.15) is 0 Å². The quantitative estimate of drug-likeness (QED) is 0.466. The van der Waals surface area contributed by atoms with Gasteiger partial charge in [0.05, 0.1) is 11.6 Å². The first-order chi connectivity index (χ1) is 5.92. The molecule has 0 bridgehead atoms. The highest BCUT2D eigenvalue weighted by molar-refractivity contribution is 5.71. The van der Waals surface area contributed by atoms with Crippen LogP contribution in [-0.4, -0.2) is 10.2 Å². The summed E-state index contributed by atoms with van der Waals surface area (Å²) in [5.74, 6) is 0. The fourth-order valence-electron chi connectivity index (χ4n) is 1.02. The van der Waals surface area contributed by atoms with Gasteiger partial charge in [-0.1, -0.05) is 5.16 Å². The van der Waals surface area contributed by atoms with Crippen LogP contribution in [0.2, 0.25) is 0 Å². The predicted molar refractivity (Wildman–Crippen MR) is 41.4 cm³/mol. The highest BCUT2D eigenvalue weighted by Crippen LogP contribution is 2.03. The average molecular weight is 162 g/mol. The van der Waals surface area contributed by atoms with Crippen molar-refractivity contribution in [1.82, 2.24) is 4.98 Å². The van der Waals surface area contributed by atoms with Crippen LogP contribution in [0.25, 0.3) is 11.1 Å². The summed E-state index contributed by atoms with van der Waals surface area (Å²) < 4.78 is 5.07. The second-order valence-electron chi connectivity index (χ2n) is 2.26. The number of hydrogen-bond donors (Lipinski definition) is 1. The standard InChI is InChI=1S/C8H6N2O2/c11-10-7-3-5-12-8-6(7)2-1-4-9-8/h1-5,11H. The van der Waals surface area contributed by atoms with Gasteiger partial charge >= 0.3 is 0 Å². The van der Waals surface area contributed by atoms with Gasteiger partial charge in [-0.25, -0.2) is 4.98 Å². The molecule has 2 aromatic heterocycles. The minimum Gasteiger partial charge on any atom is -0.446 e. The molecule has 0 amide bonds. The van der Waals surface area contributed by atoms with Crippen LogP contribution in [0.15, 0.2) is 40.2 Å². The van der Waals surface area contributed by atoms with Crippen molar-refractivity contribution in [1.29, 1.82) is 0 Å². The van der Waals surface area contributed by atoms with Gasteiger partial charge in [0, 0.05) is 12.3 Å². The Morgan fingerprint density at radius 2 is 2.33 bits per heavy atom. The molecule has 0 fully saturated rings. The van der Waals surface area contributed by atoms with E-state index in [1.54, 1.807) is 24.4 Å². The van der Waals surface area contributed by atoms with E-state index in [1.165, 1.54) is 6.26 Å². The summed E-state index contributed by atoms with van der Waals surface area (Å²) in [6.45, 7) is 0. The van der Waals surface area contributed by atoms with Crippen LogP contribution in [0, 0.1) is 0 Å². The highest BCUT2D eigenvalue weighted by atomic mass is 16.4. The first-order valence-electron chi connectivity index (χ1n) is 3.42. The maximum absolute atomic E-state index is 8.59. The molecule has 1 N–H and O–H groups in total. The zero-order chi connectivity index (χ0) is 8.39. The Labute approximate surface area is 67.8 Å². The Kier molecular flexibility index (Phi) is 1.51. The van der Waals surface area contributed by atoms with Crippen LogP contribution in [0.3, 0.4) is 0 Å². The van der Waals surface area contributed by atoms with E-state index >= 15 is 0 Å². The molecule has 0 aliphatic rings. The Hall–Kier alpha value is -1.84. The zero-order valence-corrected chi connectivity index (χ0v) is 6.14. The number of pyridine rings is 1. The molecule has 12 heavy (non-hydrogen) atoms. The molecule has 2 heterocycles. The molecule has 4 heteroatoms. The van der Waals surface area contributed by atoms with E-state index in [0.717, 1.165) is 0 Å². The first-order valence-corrected chi connectivity index (χ1v) is 3.42. The molecule has 4 nitrogen and oxygen atoms in total. The number of aromatic nitrogens is 1. The highest BCUT2D eigenvalue weighted by Gasteiger charge is 1.96. The Morgan fingerprint density at radius 1 is 1.42 bits per heavy atom. The van der Waals surface area contributed by atoms with Crippen LogP contribution in [0.5, 0.6) is 0 Å². The van der Waals surface area contributed by atoms with Gasteiger partial charge in [0.2, 0.25) is 5.71 Å². The molecule has 2 rings (SSSR count). The Morgan fingerprint density at radius 3 is 3.17 bits per heavy atom. The maximum Gasteiger partial charge on any atom is 0.227 e. The Bertz CT molecular complexity index is 456. The number of nitrogens with zero attached hydrogens (tertiary/aromatic N) is 2. The second-order valence-corrected chi connectivity index (χ2v) is 2.26. The van der Waals surface area contributed by atoms with E-state index in [2.05, 4.69) is 10.1 Å². The summed E-state index contributed by atoms with van der Waals surface area (Å²) in [5, 5.41) is 12.8. The van der Waals surface area contributed by atoms with E-state index in [4.69, 9.17) is 9.62 Å². The molecule has 0 unspecified atom stereocenters. The van der Waals surface area contributed by atoms with Gasteiger partial charge in [-0.05, 0) is 12.1 Å². The zero-order valence-electron chi connectivity index (χ0n) is 6.14. The summed E-state index contributed by atoms with van der Waals surface area (Å²) in [7, 11) is 0. The molecular formula is C8H6N2O2. The minimum atomic E-state index is 0.462. The number of rotatable bonds is 0. The van der Waals surface area contributed by atoms with Crippen LogP contribution in [0.4, 0.5) is 0 Å². The van der Waals surface area contributed by atoms with Gasteiger partial charge in [-0.3, -0.25) is 0 Å². The monoisotopic (exact) mass is 162 g/mol. The summed E-state index contributed by atoms with van der Waals surface area (Å²) in [6.07, 6.45) is 3.05. The summed E-state index contributed by atoms with van der Waals surface area (Å²) in [4.78, 5) is 3.95. The van der Waals surface area contributed by atoms with E-state index in [0.29, 0.717) is 16.5 Å². The molecule has 0 saturated heterocycles. The third-order valence-corrected chi connectivity index (χ3v) is 1.56. The molecule has 60 valence electrons. The van der Waals surface area contributed by atoms with E-state index in [-0.39, 0.29) is 0 Å². The van der Waals surface area contributed by atoms with Crippen molar-refractivity contribution in [3.8, 4) is 0 Å². The fraction of sp³-hybridized carbons (Fsp3) is 0. The van der Waals surface area contributed by atoms with Crippen LogP contribution in [-0.2, 0) is 0 Å². The fourth-order valence-corrected chi connectivity index (χ4v) is 1.02. The van der Waals surface area contributed by atoms with Gasteiger partial charge in [0.1, 0.15) is 5.36 Å². The maximum atomic E-state index is 8.59. The molecule has 0 saturated carbocycles. The van der Waals surface area contributed by atoms with Crippen molar-refractivity contribution in [2.45, 2.75) is 0 Å². The molecule has 0 aromatic carbocycles. The lowest BCUT2D eigenvalue weighted by Crippen LogP contribution is -2.01. The molecule has 2 aromatic rings. The first kappa shape index (κ1) is 6.84. The average Bonchev–Trinajstić information content (AvgIpc) is 2.17. The van der Waals surface area contributed by atoms with Crippen LogP contribution in [0.1, 0.15) is 0 Å². The van der Waals surface area contributed by atoms with Crippen molar-refractivity contribution >= 4 is 11.1 Å². The molecule has 0 atom stereocenters. The molecule has 0 radical (unpaired) electrons. The second kappa shape index (κ2) is 2.65. The number of hydrogen-bond acceptors (Lipinski definition) is 4. The van der Waals surface area contributed by atoms with E-state index in [9.17, 15) is 0 Å². The lowest BCUT2D eigenvalue weighted by molar-refractivity contribution is 0.302. The predicted octanol–water partition coefficient (Wildman–Crippen LogP) is 1.12. The molecule has 0 aliphatic heterocycles. The largest absolute Gasteiger partial charge is 0.446 e. The number of fused-ring (bicyclic) bond motifs is 1. The minimum absolute atomic E-state index is 0.462. The van der Waals surface area contributed by atoms with Gasteiger partial charge in [0.15, 0.2) is 0 Å². The third kappa shape index (κ3) is 0.934. The van der Waals surface area contributed by atoms with E-state index < -0.39 is 0 Å². The van der Waals surface area contributed by atoms with Gasteiger partial charge in [0.25, 0.3) is 0 Å². The lowest BCUT2D eigenvalue weighted by Gasteiger charge is -1.92. The van der Waals surface area contributed by atoms with Crippen molar-refractivity contribution < 1.29 is 9.62 Å². The lowest BCUT2D eigenvalue weighted by atomic mass is 10.3. The van der Waals surface area contributed by atoms with Crippen molar-refractivity contribution in [3.05, 3.63) is 36.0 Å². The van der Waals surface area contributed by atoms with Crippen molar-refractivity contribution in [3.63, 3.8) is 0 Å². The van der Waals surface area contributed by atoms with Gasteiger partial charge in [-0.15, -0.1) is 0 Å².